The predicted molar refractivity (Wildman–Crippen MR) is 105 cm³/mol. The summed E-state index contributed by atoms with van der Waals surface area (Å²) in [6.07, 6.45) is 7.42. The zero-order chi connectivity index (χ0) is 19.2. The summed E-state index contributed by atoms with van der Waals surface area (Å²) < 4.78 is 0. The highest BCUT2D eigenvalue weighted by Crippen LogP contribution is 2.24. The number of tetrazole rings is 1. The minimum Gasteiger partial charge on any atom is -0.332 e. The molecule has 1 aliphatic carbocycles. The van der Waals surface area contributed by atoms with Crippen LogP contribution < -0.4 is 0 Å². The second kappa shape index (κ2) is 8.73. The average molecular weight is 376 g/mol. The van der Waals surface area contributed by atoms with E-state index in [4.69, 9.17) is 0 Å². The van der Waals surface area contributed by atoms with Gasteiger partial charge >= 0.3 is 0 Å². The van der Waals surface area contributed by atoms with Crippen LogP contribution in [0.1, 0.15) is 37.8 Å². The van der Waals surface area contributed by atoms with Gasteiger partial charge in [-0.05, 0) is 30.2 Å². The summed E-state index contributed by atoms with van der Waals surface area (Å²) in [5, 5.41) is 12.6. The van der Waals surface area contributed by atoms with E-state index in [1.54, 1.807) is 6.20 Å². The average Bonchev–Trinajstić information content (AvgIpc) is 3.22. The van der Waals surface area contributed by atoms with E-state index in [9.17, 15) is 4.79 Å². The van der Waals surface area contributed by atoms with Crippen molar-refractivity contribution in [3.05, 3.63) is 60.4 Å². The van der Waals surface area contributed by atoms with E-state index < -0.39 is 0 Å². The Labute approximate surface area is 164 Å². The lowest BCUT2D eigenvalue weighted by atomic mass is 9.94. The van der Waals surface area contributed by atoms with Crippen LogP contribution in [-0.2, 0) is 17.9 Å². The zero-order valence-electron chi connectivity index (χ0n) is 15.8. The normalized spacial score (nSPS) is 14.7. The van der Waals surface area contributed by atoms with Crippen LogP contribution in [0, 0.1) is 0 Å². The molecule has 3 aromatic rings. The number of nitrogens with zero attached hydrogens (tertiary/aromatic N) is 6. The summed E-state index contributed by atoms with van der Waals surface area (Å²) in [5.41, 5.74) is 1.79. The molecule has 0 aliphatic heterocycles. The number of hydrogen-bond donors (Lipinski definition) is 0. The summed E-state index contributed by atoms with van der Waals surface area (Å²) in [6, 6.07) is 15.7. The second-order valence-corrected chi connectivity index (χ2v) is 7.14. The minimum absolute atomic E-state index is 0.00886. The number of amides is 1. The van der Waals surface area contributed by atoms with E-state index in [1.807, 2.05) is 53.4 Å². The summed E-state index contributed by atoms with van der Waals surface area (Å²) in [7, 11) is 0. The molecule has 0 saturated heterocycles. The van der Waals surface area contributed by atoms with Gasteiger partial charge in [-0.2, -0.15) is 4.80 Å². The lowest BCUT2D eigenvalue weighted by Crippen LogP contribution is -2.43. The molecular weight excluding hydrogens is 352 g/mol. The molecule has 1 amide bonds. The lowest BCUT2D eigenvalue weighted by Gasteiger charge is -2.34. The fourth-order valence-corrected chi connectivity index (χ4v) is 3.70. The zero-order valence-corrected chi connectivity index (χ0v) is 15.8. The third-order valence-electron chi connectivity index (χ3n) is 5.16. The molecule has 4 rings (SSSR count). The molecule has 1 saturated carbocycles. The van der Waals surface area contributed by atoms with Gasteiger partial charge in [0, 0.05) is 17.8 Å². The summed E-state index contributed by atoms with van der Waals surface area (Å²) in [4.78, 5) is 20.9. The molecule has 2 heterocycles. The van der Waals surface area contributed by atoms with E-state index in [0.29, 0.717) is 12.4 Å². The quantitative estimate of drug-likeness (QED) is 0.661. The van der Waals surface area contributed by atoms with Gasteiger partial charge in [0.05, 0.1) is 12.2 Å². The van der Waals surface area contributed by atoms with Crippen LogP contribution >= 0.6 is 0 Å². The Balaban J connectivity index is 1.49. The van der Waals surface area contributed by atoms with Crippen LogP contribution in [0.2, 0.25) is 0 Å². The molecule has 1 aromatic carbocycles. The molecule has 0 bridgehead atoms. The summed E-state index contributed by atoms with van der Waals surface area (Å²) in [5.74, 6) is 0.539. The molecule has 1 fully saturated rings. The maximum Gasteiger partial charge on any atom is 0.246 e. The topological polar surface area (TPSA) is 76.8 Å². The standard InChI is InChI=1S/C21H24N6O/c28-20(16-27-24-21(23-25-27)17-9-3-1-4-10-17)26(19-12-5-2-6-13-19)15-18-11-7-8-14-22-18/h1,3-4,7-11,14,19H,2,5-6,12-13,15-16H2. The van der Waals surface area contributed by atoms with Crippen molar-refractivity contribution in [1.29, 1.82) is 0 Å². The van der Waals surface area contributed by atoms with Crippen molar-refractivity contribution < 1.29 is 4.79 Å². The van der Waals surface area contributed by atoms with Crippen LogP contribution in [-0.4, -0.2) is 42.0 Å². The molecule has 0 radical (unpaired) electrons. The van der Waals surface area contributed by atoms with Crippen molar-refractivity contribution in [3.63, 3.8) is 0 Å². The van der Waals surface area contributed by atoms with Crippen molar-refractivity contribution in [1.82, 2.24) is 30.1 Å². The van der Waals surface area contributed by atoms with Crippen molar-refractivity contribution >= 4 is 5.91 Å². The van der Waals surface area contributed by atoms with Gasteiger partial charge in [-0.3, -0.25) is 9.78 Å². The van der Waals surface area contributed by atoms with Crippen LogP contribution in [0.4, 0.5) is 0 Å². The summed E-state index contributed by atoms with van der Waals surface area (Å²) >= 11 is 0. The fourth-order valence-electron chi connectivity index (χ4n) is 3.70. The number of hydrogen-bond acceptors (Lipinski definition) is 5. The molecule has 0 N–H and O–H groups in total. The third-order valence-corrected chi connectivity index (χ3v) is 5.16. The number of benzene rings is 1. The summed E-state index contributed by atoms with van der Waals surface area (Å²) in [6.45, 7) is 0.605. The monoisotopic (exact) mass is 376 g/mol. The molecule has 7 nitrogen and oxygen atoms in total. The number of pyridine rings is 1. The van der Waals surface area contributed by atoms with E-state index in [2.05, 4.69) is 20.4 Å². The Morgan fingerprint density at radius 2 is 1.82 bits per heavy atom. The number of carbonyl (C=O) groups is 1. The smallest absolute Gasteiger partial charge is 0.246 e. The number of carbonyl (C=O) groups excluding carboxylic acids is 1. The first kappa shape index (κ1) is 18.3. The first-order chi connectivity index (χ1) is 13.8. The molecule has 0 atom stereocenters. The van der Waals surface area contributed by atoms with Gasteiger partial charge in [0.25, 0.3) is 0 Å². The van der Waals surface area contributed by atoms with Gasteiger partial charge in [-0.25, -0.2) is 0 Å². The Kier molecular flexibility index (Phi) is 5.70. The van der Waals surface area contributed by atoms with E-state index >= 15 is 0 Å². The maximum atomic E-state index is 13.1. The van der Waals surface area contributed by atoms with E-state index in [-0.39, 0.29) is 18.5 Å². The van der Waals surface area contributed by atoms with Crippen molar-refractivity contribution in [2.75, 3.05) is 0 Å². The molecule has 7 heteroatoms. The molecule has 0 spiro atoms. The molecule has 144 valence electrons. The Hall–Kier alpha value is -3.09. The van der Waals surface area contributed by atoms with Gasteiger partial charge in [-0.15, -0.1) is 10.2 Å². The van der Waals surface area contributed by atoms with Gasteiger partial charge in [0.1, 0.15) is 6.54 Å². The number of aromatic nitrogens is 5. The first-order valence-electron chi connectivity index (χ1n) is 9.82. The highest BCUT2D eigenvalue weighted by molar-refractivity contribution is 5.76. The van der Waals surface area contributed by atoms with Gasteiger partial charge in [0.2, 0.25) is 11.7 Å². The largest absolute Gasteiger partial charge is 0.332 e. The first-order valence-corrected chi connectivity index (χ1v) is 9.82. The lowest BCUT2D eigenvalue weighted by molar-refractivity contribution is -0.136. The number of rotatable bonds is 6. The highest BCUT2D eigenvalue weighted by Gasteiger charge is 2.26. The van der Waals surface area contributed by atoms with E-state index in [0.717, 1.165) is 36.9 Å². The molecule has 1 aliphatic rings. The minimum atomic E-state index is 0.00886. The fraction of sp³-hybridized carbons (Fsp3) is 0.381. The van der Waals surface area contributed by atoms with Crippen LogP contribution in [0.25, 0.3) is 11.4 Å². The SMILES string of the molecule is O=C(Cn1nnc(-c2ccccc2)n1)N(Cc1ccccn1)C1CCCCC1. The Morgan fingerprint density at radius 1 is 1.04 bits per heavy atom. The van der Waals surface area contributed by atoms with Crippen LogP contribution in [0.15, 0.2) is 54.7 Å². The maximum absolute atomic E-state index is 13.1. The van der Waals surface area contributed by atoms with Crippen LogP contribution in [0.3, 0.4) is 0 Å². The van der Waals surface area contributed by atoms with Crippen molar-refractivity contribution in [2.24, 2.45) is 0 Å². The predicted octanol–water partition coefficient (Wildman–Crippen LogP) is 3.10. The molecule has 28 heavy (non-hydrogen) atoms. The second-order valence-electron chi connectivity index (χ2n) is 7.14. The van der Waals surface area contributed by atoms with Gasteiger partial charge in [-0.1, -0.05) is 55.7 Å². The molecule has 2 aromatic heterocycles. The van der Waals surface area contributed by atoms with E-state index in [1.165, 1.54) is 11.2 Å². The van der Waals surface area contributed by atoms with Crippen molar-refractivity contribution in [2.45, 2.75) is 51.2 Å². The third kappa shape index (κ3) is 4.42. The Morgan fingerprint density at radius 3 is 2.57 bits per heavy atom. The van der Waals surface area contributed by atoms with Crippen LogP contribution in [0.5, 0.6) is 0 Å². The Bertz CT molecular complexity index is 890. The van der Waals surface area contributed by atoms with Crippen molar-refractivity contribution in [3.8, 4) is 11.4 Å². The highest BCUT2D eigenvalue weighted by atomic mass is 16.2. The molecule has 0 unspecified atom stereocenters. The van der Waals surface area contributed by atoms with Gasteiger partial charge in [0.15, 0.2) is 0 Å². The molecular formula is C21H24N6O. The van der Waals surface area contributed by atoms with Gasteiger partial charge < -0.3 is 4.90 Å².